The zero-order valence-electron chi connectivity index (χ0n) is 11.8. The lowest BCUT2D eigenvalue weighted by Crippen LogP contribution is -2.13. The molecule has 6 nitrogen and oxygen atoms in total. The number of benzene rings is 1. The highest BCUT2D eigenvalue weighted by Gasteiger charge is 2.18. The first kappa shape index (κ1) is 14.5. The molecule has 1 aromatic carbocycles. The van der Waals surface area contributed by atoms with E-state index in [0.29, 0.717) is 22.4 Å². The number of nitrogens with one attached hydrogen (secondary N) is 1. The molecule has 3 rings (SSSR count). The van der Waals surface area contributed by atoms with Gasteiger partial charge >= 0.3 is 0 Å². The molecule has 0 unspecified atom stereocenters. The fraction of sp³-hybridized carbons (Fsp3) is 0.133. The molecule has 1 amide bonds. The van der Waals surface area contributed by atoms with Crippen LogP contribution in [0.25, 0.3) is 5.65 Å². The third-order valence-electron chi connectivity index (χ3n) is 2.98. The quantitative estimate of drug-likeness (QED) is 0.775. The van der Waals surface area contributed by atoms with Crippen LogP contribution in [0.1, 0.15) is 17.4 Å². The minimum absolute atomic E-state index is 0.285. The zero-order chi connectivity index (χ0) is 15.5. The smallest absolute Gasteiger partial charge is 0.277 e. The molecule has 7 heteroatoms. The van der Waals surface area contributed by atoms with E-state index in [2.05, 4.69) is 31.3 Å². The van der Waals surface area contributed by atoms with Crippen molar-refractivity contribution in [1.29, 1.82) is 0 Å². The molecule has 2 heterocycles. The molecular weight excluding hydrogens is 348 g/mol. The Morgan fingerprint density at radius 3 is 2.82 bits per heavy atom. The standard InChI is InChI=1S/C15H13BrN4O2/c1-2-22-11-6-4-10(5-7-11)18-15(21)13-12(16)14-17-8-3-9-20(14)19-13/h3-9H,2H2,1H3,(H,18,21). The lowest BCUT2D eigenvalue weighted by molar-refractivity contribution is 0.102. The van der Waals surface area contributed by atoms with Crippen LogP contribution in [0, 0.1) is 0 Å². The van der Waals surface area contributed by atoms with Gasteiger partial charge in [-0.3, -0.25) is 4.79 Å². The second-order valence-corrected chi connectivity index (χ2v) is 5.25. The van der Waals surface area contributed by atoms with Crippen LogP contribution in [0.15, 0.2) is 47.2 Å². The van der Waals surface area contributed by atoms with Crippen molar-refractivity contribution in [3.8, 4) is 5.75 Å². The number of carbonyl (C=O) groups is 1. The molecule has 0 aliphatic heterocycles. The normalized spacial score (nSPS) is 10.6. The molecule has 112 valence electrons. The van der Waals surface area contributed by atoms with Crippen molar-refractivity contribution in [2.45, 2.75) is 6.92 Å². The van der Waals surface area contributed by atoms with Crippen LogP contribution >= 0.6 is 15.9 Å². The SMILES string of the molecule is CCOc1ccc(NC(=O)c2nn3cccnc3c2Br)cc1. The van der Waals surface area contributed by atoms with Crippen LogP contribution < -0.4 is 10.1 Å². The van der Waals surface area contributed by atoms with Crippen LogP contribution in [-0.4, -0.2) is 27.1 Å². The predicted octanol–water partition coefficient (Wildman–Crippen LogP) is 3.14. The summed E-state index contributed by atoms with van der Waals surface area (Å²) < 4.78 is 7.48. The van der Waals surface area contributed by atoms with Gasteiger partial charge in [0.25, 0.3) is 5.91 Å². The minimum Gasteiger partial charge on any atom is -0.494 e. The van der Waals surface area contributed by atoms with E-state index < -0.39 is 0 Å². The molecule has 3 aromatic rings. The van der Waals surface area contributed by atoms with Gasteiger partial charge in [0.05, 0.1) is 11.1 Å². The minimum atomic E-state index is -0.304. The number of hydrogen-bond acceptors (Lipinski definition) is 4. The predicted molar refractivity (Wildman–Crippen MR) is 86.3 cm³/mol. The van der Waals surface area contributed by atoms with E-state index in [1.165, 1.54) is 0 Å². The fourth-order valence-electron chi connectivity index (χ4n) is 2.00. The zero-order valence-corrected chi connectivity index (χ0v) is 13.4. The average molecular weight is 361 g/mol. The summed E-state index contributed by atoms with van der Waals surface area (Å²) in [6.45, 7) is 2.53. The highest BCUT2D eigenvalue weighted by molar-refractivity contribution is 9.10. The van der Waals surface area contributed by atoms with E-state index in [-0.39, 0.29) is 11.6 Å². The summed E-state index contributed by atoms with van der Waals surface area (Å²) in [5.41, 5.74) is 1.55. The van der Waals surface area contributed by atoms with Crippen LogP contribution in [0.5, 0.6) is 5.75 Å². The van der Waals surface area contributed by atoms with Crippen molar-refractivity contribution in [3.63, 3.8) is 0 Å². The summed E-state index contributed by atoms with van der Waals surface area (Å²) in [5, 5.41) is 7.03. The van der Waals surface area contributed by atoms with E-state index in [0.717, 1.165) is 5.75 Å². The lowest BCUT2D eigenvalue weighted by Gasteiger charge is -2.06. The van der Waals surface area contributed by atoms with Gasteiger partial charge in [0.15, 0.2) is 11.3 Å². The van der Waals surface area contributed by atoms with Gasteiger partial charge in [-0.15, -0.1) is 0 Å². The molecule has 0 atom stereocenters. The second kappa shape index (κ2) is 6.15. The molecule has 1 N–H and O–H groups in total. The molecule has 0 spiro atoms. The monoisotopic (exact) mass is 360 g/mol. The lowest BCUT2D eigenvalue weighted by atomic mass is 10.3. The molecule has 0 aliphatic carbocycles. The van der Waals surface area contributed by atoms with E-state index in [1.807, 2.05) is 6.92 Å². The maximum absolute atomic E-state index is 12.3. The molecule has 22 heavy (non-hydrogen) atoms. The van der Waals surface area contributed by atoms with E-state index in [4.69, 9.17) is 4.74 Å². The van der Waals surface area contributed by atoms with Crippen molar-refractivity contribution < 1.29 is 9.53 Å². The van der Waals surface area contributed by atoms with E-state index >= 15 is 0 Å². The molecule has 0 saturated heterocycles. The first-order chi connectivity index (χ1) is 10.7. The van der Waals surface area contributed by atoms with Crippen molar-refractivity contribution in [2.75, 3.05) is 11.9 Å². The molecule has 0 saturated carbocycles. The summed E-state index contributed by atoms with van der Waals surface area (Å²) in [6.07, 6.45) is 3.39. The molecule has 0 aliphatic rings. The Kier molecular flexibility index (Phi) is 4.06. The van der Waals surface area contributed by atoms with Gasteiger partial charge in [-0.2, -0.15) is 5.10 Å². The van der Waals surface area contributed by atoms with Crippen molar-refractivity contribution in [3.05, 3.63) is 52.9 Å². The molecular formula is C15H13BrN4O2. The summed E-state index contributed by atoms with van der Waals surface area (Å²) in [6, 6.07) is 8.93. The van der Waals surface area contributed by atoms with Crippen molar-refractivity contribution >= 4 is 33.2 Å². The molecule has 0 fully saturated rings. The van der Waals surface area contributed by atoms with Crippen molar-refractivity contribution in [2.24, 2.45) is 0 Å². The molecule has 0 bridgehead atoms. The maximum atomic E-state index is 12.3. The van der Waals surface area contributed by atoms with Gasteiger partial charge in [0.1, 0.15) is 5.75 Å². The van der Waals surface area contributed by atoms with Crippen LogP contribution in [0.3, 0.4) is 0 Å². The highest BCUT2D eigenvalue weighted by Crippen LogP contribution is 2.22. The number of ether oxygens (including phenoxy) is 1. The van der Waals surface area contributed by atoms with Crippen molar-refractivity contribution in [1.82, 2.24) is 14.6 Å². The first-order valence-electron chi connectivity index (χ1n) is 6.72. The number of nitrogens with zero attached hydrogens (tertiary/aromatic N) is 3. The largest absolute Gasteiger partial charge is 0.494 e. The van der Waals surface area contributed by atoms with Crippen LogP contribution in [0.2, 0.25) is 0 Å². The number of anilines is 1. The third kappa shape index (κ3) is 2.80. The van der Waals surface area contributed by atoms with Gasteiger partial charge in [-0.25, -0.2) is 9.50 Å². The second-order valence-electron chi connectivity index (χ2n) is 4.46. The van der Waals surface area contributed by atoms with E-state index in [1.54, 1.807) is 47.2 Å². The number of hydrogen-bond donors (Lipinski definition) is 1. The Morgan fingerprint density at radius 1 is 1.36 bits per heavy atom. The Balaban J connectivity index is 1.82. The summed E-state index contributed by atoms with van der Waals surface area (Å²) in [4.78, 5) is 16.5. The number of carbonyl (C=O) groups excluding carboxylic acids is 1. The Hall–Kier alpha value is -2.41. The van der Waals surface area contributed by atoms with Gasteiger partial charge in [-0.05, 0) is 53.2 Å². The first-order valence-corrected chi connectivity index (χ1v) is 7.51. The molecule has 0 radical (unpaired) electrons. The van der Waals surface area contributed by atoms with Gasteiger partial charge in [0.2, 0.25) is 0 Å². The van der Waals surface area contributed by atoms with Gasteiger partial charge in [0, 0.05) is 18.1 Å². The molecule has 2 aromatic heterocycles. The van der Waals surface area contributed by atoms with E-state index in [9.17, 15) is 4.79 Å². The number of amides is 1. The van der Waals surface area contributed by atoms with Crippen LogP contribution in [-0.2, 0) is 0 Å². The highest BCUT2D eigenvalue weighted by atomic mass is 79.9. The number of rotatable bonds is 4. The van der Waals surface area contributed by atoms with Gasteiger partial charge in [-0.1, -0.05) is 0 Å². The maximum Gasteiger partial charge on any atom is 0.277 e. The number of halogens is 1. The average Bonchev–Trinajstić information content (AvgIpc) is 2.87. The summed E-state index contributed by atoms with van der Waals surface area (Å²) in [7, 11) is 0. The fourth-order valence-corrected chi connectivity index (χ4v) is 2.54. The third-order valence-corrected chi connectivity index (χ3v) is 3.71. The summed E-state index contributed by atoms with van der Waals surface area (Å²) >= 11 is 3.37. The Morgan fingerprint density at radius 2 is 2.14 bits per heavy atom. The Labute approximate surface area is 135 Å². The number of fused-ring (bicyclic) bond motifs is 1. The summed E-state index contributed by atoms with van der Waals surface area (Å²) in [5.74, 6) is 0.458. The number of aromatic nitrogens is 3. The Bertz CT molecular complexity index is 814. The van der Waals surface area contributed by atoms with Gasteiger partial charge < -0.3 is 10.1 Å². The van der Waals surface area contributed by atoms with Crippen LogP contribution in [0.4, 0.5) is 5.69 Å². The topological polar surface area (TPSA) is 68.5 Å².